The van der Waals surface area contributed by atoms with Crippen LogP contribution in [0, 0.1) is 0 Å². The second-order valence-electron chi connectivity index (χ2n) is 3.64. The second-order valence-corrected chi connectivity index (χ2v) is 4.07. The van der Waals surface area contributed by atoms with E-state index in [9.17, 15) is 9.59 Å². The van der Waals surface area contributed by atoms with E-state index >= 15 is 0 Å². The number of carbonyl (C=O) groups is 2. The van der Waals surface area contributed by atoms with Crippen LogP contribution in [0.5, 0.6) is 0 Å². The molecule has 1 aromatic carbocycles. The van der Waals surface area contributed by atoms with Crippen molar-refractivity contribution in [3.63, 3.8) is 0 Å². The van der Waals surface area contributed by atoms with Gasteiger partial charge in [-0.25, -0.2) is 0 Å². The molecule has 0 saturated carbocycles. The number of benzene rings is 1. The first-order chi connectivity index (χ1) is 8.56. The molecule has 5 nitrogen and oxygen atoms in total. The molecule has 92 valence electrons. The van der Waals surface area contributed by atoms with Crippen LogP contribution < -0.4 is 5.32 Å². The molecule has 0 aliphatic heterocycles. The fourth-order valence-electron chi connectivity index (χ4n) is 1.48. The molecule has 0 aliphatic rings. The number of pyridine rings is 1. The maximum Gasteiger partial charge on any atom is 0.322 e. The summed E-state index contributed by atoms with van der Waals surface area (Å²) in [7, 11) is 0. The number of hydrogen-bond acceptors (Lipinski definition) is 3. The molecule has 0 atom stereocenters. The first kappa shape index (κ1) is 12.3. The zero-order chi connectivity index (χ0) is 13.1. The maximum atomic E-state index is 11.6. The molecule has 2 aromatic rings. The summed E-state index contributed by atoms with van der Waals surface area (Å²) in [6, 6.07) is 6.77. The van der Waals surface area contributed by atoms with Crippen LogP contribution in [0.4, 0.5) is 0 Å². The van der Waals surface area contributed by atoms with Crippen molar-refractivity contribution >= 4 is 34.4 Å². The van der Waals surface area contributed by atoms with Crippen LogP contribution in [0.1, 0.15) is 10.4 Å². The van der Waals surface area contributed by atoms with Crippen LogP contribution in [0.15, 0.2) is 30.5 Å². The number of fused-ring (bicyclic) bond motifs is 1. The first-order valence-electron chi connectivity index (χ1n) is 5.11. The summed E-state index contributed by atoms with van der Waals surface area (Å²) in [5.41, 5.74) is 0.989. The summed E-state index contributed by atoms with van der Waals surface area (Å²) >= 11 is 5.82. The molecule has 2 rings (SSSR count). The molecule has 6 heteroatoms. The van der Waals surface area contributed by atoms with E-state index in [1.54, 1.807) is 24.3 Å². The SMILES string of the molecule is O=C(O)CNC(=O)c1cnc2cc(Cl)ccc2c1. The number of aromatic nitrogens is 1. The van der Waals surface area contributed by atoms with Crippen LogP contribution in [-0.2, 0) is 4.79 Å². The normalized spacial score (nSPS) is 10.3. The molecule has 18 heavy (non-hydrogen) atoms. The van der Waals surface area contributed by atoms with E-state index in [-0.39, 0.29) is 0 Å². The number of nitrogens with one attached hydrogen (secondary N) is 1. The third kappa shape index (κ3) is 2.75. The molecule has 0 aliphatic carbocycles. The summed E-state index contributed by atoms with van der Waals surface area (Å²) in [5.74, 6) is -1.56. The molecule has 2 N–H and O–H groups in total. The minimum atomic E-state index is -1.09. The second kappa shape index (κ2) is 5.01. The Hall–Kier alpha value is -2.14. The minimum Gasteiger partial charge on any atom is -0.480 e. The lowest BCUT2D eigenvalue weighted by molar-refractivity contribution is -0.135. The zero-order valence-electron chi connectivity index (χ0n) is 9.18. The van der Waals surface area contributed by atoms with Crippen molar-refractivity contribution in [3.05, 3.63) is 41.0 Å². The van der Waals surface area contributed by atoms with Gasteiger partial charge >= 0.3 is 5.97 Å². The Morgan fingerprint density at radius 2 is 2.11 bits per heavy atom. The number of nitrogens with zero attached hydrogens (tertiary/aromatic N) is 1. The summed E-state index contributed by atoms with van der Waals surface area (Å²) in [6.07, 6.45) is 1.38. The van der Waals surface area contributed by atoms with Gasteiger partial charge in [0.25, 0.3) is 5.91 Å². The summed E-state index contributed by atoms with van der Waals surface area (Å²) < 4.78 is 0. The largest absolute Gasteiger partial charge is 0.480 e. The first-order valence-corrected chi connectivity index (χ1v) is 5.49. The van der Waals surface area contributed by atoms with Gasteiger partial charge in [0.2, 0.25) is 0 Å². The monoisotopic (exact) mass is 264 g/mol. The van der Waals surface area contributed by atoms with E-state index in [2.05, 4.69) is 10.3 Å². The average molecular weight is 265 g/mol. The quantitative estimate of drug-likeness (QED) is 0.884. The smallest absolute Gasteiger partial charge is 0.322 e. The Bertz CT molecular complexity index is 628. The van der Waals surface area contributed by atoms with E-state index in [1.807, 2.05) is 0 Å². The molecular weight excluding hydrogens is 256 g/mol. The van der Waals surface area contributed by atoms with Crippen LogP contribution in [0.25, 0.3) is 10.9 Å². The highest BCUT2D eigenvalue weighted by molar-refractivity contribution is 6.31. The van der Waals surface area contributed by atoms with E-state index in [0.29, 0.717) is 16.1 Å². The summed E-state index contributed by atoms with van der Waals surface area (Å²) in [4.78, 5) is 26.1. The van der Waals surface area contributed by atoms with E-state index in [1.165, 1.54) is 6.20 Å². The number of halogens is 1. The topological polar surface area (TPSA) is 79.3 Å². The van der Waals surface area contributed by atoms with Crippen LogP contribution in [0.2, 0.25) is 5.02 Å². The van der Waals surface area contributed by atoms with Gasteiger partial charge in [0.15, 0.2) is 0 Å². The molecule has 1 heterocycles. The summed E-state index contributed by atoms with van der Waals surface area (Å²) in [6.45, 7) is -0.419. The van der Waals surface area contributed by atoms with Gasteiger partial charge in [0.1, 0.15) is 6.54 Å². The third-order valence-corrected chi connectivity index (χ3v) is 2.54. The number of carboxylic acids is 1. The molecule has 0 radical (unpaired) electrons. The standard InChI is InChI=1S/C12H9ClN2O3/c13-9-2-1-7-3-8(5-14-10(7)4-9)12(18)15-6-11(16)17/h1-5H,6H2,(H,15,18)(H,16,17). The van der Waals surface area contributed by atoms with Gasteiger partial charge < -0.3 is 10.4 Å². The Kier molecular flexibility index (Phi) is 3.43. The predicted octanol–water partition coefficient (Wildman–Crippen LogP) is 1.70. The highest BCUT2D eigenvalue weighted by Gasteiger charge is 2.08. The fraction of sp³-hybridized carbons (Fsp3) is 0.0833. The van der Waals surface area contributed by atoms with E-state index < -0.39 is 18.4 Å². The minimum absolute atomic E-state index is 0.311. The lowest BCUT2D eigenvalue weighted by Crippen LogP contribution is -2.29. The van der Waals surface area contributed by atoms with Crippen LogP contribution in [-0.4, -0.2) is 28.5 Å². The van der Waals surface area contributed by atoms with Crippen molar-refractivity contribution in [2.24, 2.45) is 0 Å². The van der Waals surface area contributed by atoms with E-state index in [0.717, 1.165) is 5.39 Å². The molecular formula is C12H9ClN2O3. The van der Waals surface area contributed by atoms with Crippen LogP contribution >= 0.6 is 11.6 Å². The van der Waals surface area contributed by atoms with Crippen molar-refractivity contribution in [3.8, 4) is 0 Å². The Morgan fingerprint density at radius 3 is 2.83 bits per heavy atom. The van der Waals surface area contributed by atoms with Gasteiger partial charge in [0, 0.05) is 16.6 Å². The van der Waals surface area contributed by atoms with Gasteiger partial charge in [-0.05, 0) is 18.2 Å². The van der Waals surface area contributed by atoms with Crippen molar-refractivity contribution in [1.82, 2.24) is 10.3 Å². The Balaban J connectivity index is 2.27. The highest BCUT2D eigenvalue weighted by Crippen LogP contribution is 2.18. The lowest BCUT2D eigenvalue weighted by Gasteiger charge is -2.03. The maximum absolute atomic E-state index is 11.6. The Morgan fingerprint density at radius 1 is 1.33 bits per heavy atom. The van der Waals surface area contributed by atoms with E-state index in [4.69, 9.17) is 16.7 Å². The Labute approximate surface area is 107 Å². The van der Waals surface area contributed by atoms with Crippen molar-refractivity contribution < 1.29 is 14.7 Å². The van der Waals surface area contributed by atoms with Crippen molar-refractivity contribution in [2.75, 3.05) is 6.54 Å². The predicted molar refractivity (Wildman–Crippen MR) is 66.7 cm³/mol. The molecule has 0 spiro atoms. The number of carboxylic acid groups (broad SMARTS) is 1. The highest BCUT2D eigenvalue weighted by atomic mass is 35.5. The van der Waals surface area contributed by atoms with Gasteiger partial charge in [0.05, 0.1) is 11.1 Å². The summed E-state index contributed by atoms with van der Waals surface area (Å²) in [5, 5.41) is 12.1. The lowest BCUT2D eigenvalue weighted by atomic mass is 10.1. The van der Waals surface area contributed by atoms with Gasteiger partial charge in [-0.2, -0.15) is 0 Å². The van der Waals surface area contributed by atoms with Gasteiger partial charge in [-0.3, -0.25) is 14.6 Å². The number of carbonyl (C=O) groups excluding carboxylic acids is 1. The molecule has 0 unspecified atom stereocenters. The van der Waals surface area contributed by atoms with Crippen molar-refractivity contribution in [2.45, 2.75) is 0 Å². The van der Waals surface area contributed by atoms with Gasteiger partial charge in [-0.15, -0.1) is 0 Å². The molecule has 1 aromatic heterocycles. The van der Waals surface area contributed by atoms with Crippen LogP contribution in [0.3, 0.4) is 0 Å². The number of amides is 1. The number of hydrogen-bond donors (Lipinski definition) is 2. The third-order valence-electron chi connectivity index (χ3n) is 2.31. The number of rotatable bonds is 3. The number of aliphatic carboxylic acids is 1. The molecule has 0 bridgehead atoms. The average Bonchev–Trinajstić information content (AvgIpc) is 2.35. The molecule has 0 fully saturated rings. The van der Waals surface area contributed by atoms with Gasteiger partial charge in [-0.1, -0.05) is 17.7 Å². The zero-order valence-corrected chi connectivity index (χ0v) is 9.94. The fourth-order valence-corrected chi connectivity index (χ4v) is 1.64. The molecule has 1 amide bonds. The van der Waals surface area contributed by atoms with Crippen molar-refractivity contribution in [1.29, 1.82) is 0 Å². The molecule has 0 saturated heterocycles.